The van der Waals surface area contributed by atoms with E-state index in [9.17, 15) is 14.4 Å². The molecule has 0 aliphatic carbocycles. The van der Waals surface area contributed by atoms with Gasteiger partial charge in [-0.2, -0.15) is 0 Å². The summed E-state index contributed by atoms with van der Waals surface area (Å²) in [4.78, 5) is 37.9. The molecule has 6 nitrogen and oxygen atoms in total. The number of benzene rings is 3. The fraction of sp³-hybridized carbons (Fsp3) is 0.237. The first kappa shape index (κ1) is 32.0. The number of hydrogen-bond acceptors (Lipinski definition) is 6. The highest BCUT2D eigenvalue weighted by Crippen LogP contribution is 2.29. The van der Waals surface area contributed by atoms with Crippen LogP contribution >= 0.6 is 0 Å². The van der Waals surface area contributed by atoms with Crippen LogP contribution in [-0.2, 0) is 11.2 Å². The normalized spacial score (nSPS) is 12.3. The Labute approximate surface area is 258 Å². The summed E-state index contributed by atoms with van der Waals surface area (Å²) in [5.74, 6) is -0.602. The summed E-state index contributed by atoms with van der Waals surface area (Å²) >= 11 is 0. The monoisotopic (exact) mass is 590 g/mol. The third kappa shape index (κ3) is 9.27. The van der Waals surface area contributed by atoms with E-state index >= 15 is 0 Å². The molecule has 1 aromatic heterocycles. The Morgan fingerprint density at radius 1 is 0.682 bits per heavy atom. The minimum atomic E-state index is -0.526. The number of ether oxygens (including phenoxy) is 2. The summed E-state index contributed by atoms with van der Waals surface area (Å²) in [6.07, 6.45) is 10.1. The number of fused-ring (bicyclic) bond motifs is 1. The topological polar surface area (TPSA) is 82.8 Å². The van der Waals surface area contributed by atoms with E-state index in [-0.39, 0.29) is 24.7 Å². The largest absolute Gasteiger partial charge is 0.458 e. The summed E-state index contributed by atoms with van der Waals surface area (Å²) in [5.41, 5.74) is 4.56. The van der Waals surface area contributed by atoms with Crippen molar-refractivity contribution in [1.29, 1.82) is 0 Å². The van der Waals surface area contributed by atoms with E-state index in [1.807, 2.05) is 50.3 Å². The number of allylic oxidation sites excluding steroid dienone is 5. The molecule has 0 radical (unpaired) electrons. The molecule has 0 amide bonds. The van der Waals surface area contributed by atoms with Crippen molar-refractivity contribution < 1.29 is 23.5 Å². The minimum absolute atomic E-state index is 0.240. The Morgan fingerprint density at radius 3 is 1.89 bits per heavy atom. The van der Waals surface area contributed by atoms with E-state index in [2.05, 4.69) is 19.1 Å². The smallest absolute Gasteiger partial charge is 0.343 e. The SMILES string of the molecule is C/C(=C\CC/C(C)=C/Cc1c(OC(=O)c2ccccc2)c2ccccc2oc1=O)CC/C=C(\C)COC(=O)c1ccccc1. The Hall–Kier alpha value is -4.97. The Morgan fingerprint density at radius 2 is 1.23 bits per heavy atom. The lowest BCUT2D eigenvalue weighted by atomic mass is 10.0. The van der Waals surface area contributed by atoms with Crippen LogP contribution in [0.5, 0.6) is 5.75 Å². The van der Waals surface area contributed by atoms with Gasteiger partial charge in [-0.25, -0.2) is 14.4 Å². The summed E-state index contributed by atoms with van der Waals surface area (Å²) in [7, 11) is 0. The molecule has 4 rings (SSSR count). The number of rotatable bonds is 13. The van der Waals surface area contributed by atoms with Crippen molar-refractivity contribution in [1.82, 2.24) is 0 Å². The lowest BCUT2D eigenvalue weighted by Gasteiger charge is -2.11. The fourth-order valence-corrected chi connectivity index (χ4v) is 4.65. The van der Waals surface area contributed by atoms with Crippen molar-refractivity contribution in [2.24, 2.45) is 0 Å². The van der Waals surface area contributed by atoms with E-state index in [1.165, 1.54) is 5.57 Å². The molecule has 0 saturated carbocycles. The van der Waals surface area contributed by atoms with Gasteiger partial charge in [-0.05, 0) is 88.4 Å². The maximum Gasteiger partial charge on any atom is 0.343 e. The molecule has 226 valence electrons. The molecule has 0 saturated heterocycles. The predicted octanol–water partition coefficient (Wildman–Crippen LogP) is 8.81. The van der Waals surface area contributed by atoms with Crippen LogP contribution in [-0.4, -0.2) is 18.5 Å². The van der Waals surface area contributed by atoms with Gasteiger partial charge in [0.25, 0.3) is 0 Å². The molecule has 4 aromatic rings. The molecule has 44 heavy (non-hydrogen) atoms. The molecular formula is C38H38O6. The third-order valence-corrected chi connectivity index (χ3v) is 7.22. The second kappa shape index (κ2) is 16.0. The van der Waals surface area contributed by atoms with Crippen molar-refractivity contribution in [3.63, 3.8) is 0 Å². The second-order valence-corrected chi connectivity index (χ2v) is 10.8. The molecule has 0 unspecified atom stereocenters. The molecule has 0 aliphatic rings. The number of esters is 2. The van der Waals surface area contributed by atoms with Crippen LogP contribution in [0.1, 0.15) is 72.7 Å². The van der Waals surface area contributed by atoms with Crippen molar-refractivity contribution in [3.05, 3.63) is 147 Å². The summed E-state index contributed by atoms with van der Waals surface area (Å²) in [5, 5.41) is 0.578. The number of hydrogen-bond donors (Lipinski definition) is 0. The zero-order chi connectivity index (χ0) is 31.3. The van der Waals surface area contributed by atoms with Gasteiger partial charge < -0.3 is 13.9 Å². The van der Waals surface area contributed by atoms with Crippen molar-refractivity contribution in [2.45, 2.75) is 52.9 Å². The van der Waals surface area contributed by atoms with E-state index in [0.717, 1.165) is 36.8 Å². The second-order valence-electron chi connectivity index (χ2n) is 10.8. The van der Waals surface area contributed by atoms with Gasteiger partial charge in [-0.1, -0.05) is 77.9 Å². The van der Waals surface area contributed by atoms with Crippen LogP contribution < -0.4 is 10.4 Å². The first-order chi connectivity index (χ1) is 21.3. The highest BCUT2D eigenvalue weighted by Gasteiger charge is 2.19. The fourth-order valence-electron chi connectivity index (χ4n) is 4.65. The molecule has 0 spiro atoms. The van der Waals surface area contributed by atoms with Gasteiger partial charge in [0.1, 0.15) is 12.2 Å². The lowest BCUT2D eigenvalue weighted by molar-refractivity contribution is 0.0539. The van der Waals surface area contributed by atoms with E-state index in [1.54, 1.807) is 54.6 Å². The van der Waals surface area contributed by atoms with Crippen LogP contribution in [0.3, 0.4) is 0 Å². The predicted molar refractivity (Wildman–Crippen MR) is 174 cm³/mol. The zero-order valence-electron chi connectivity index (χ0n) is 25.5. The van der Waals surface area contributed by atoms with Crippen LogP contribution in [0, 0.1) is 0 Å². The average Bonchev–Trinajstić information content (AvgIpc) is 3.04. The van der Waals surface area contributed by atoms with Crippen LogP contribution in [0.25, 0.3) is 11.0 Å². The Bertz CT molecular complexity index is 1730. The van der Waals surface area contributed by atoms with Gasteiger partial charge in [0.2, 0.25) is 0 Å². The number of carbonyl (C=O) groups is 2. The van der Waals surface area contributed by atoms with Crippen molar-refractivity contribution in [2.75, 3.05) is 6.61 Å². The maximum atomic E-state index is 12.9. The highest BCUT2D eigenvalue weighted by molar-refractivity contribution is 5.94. The average molecular weight is 591 g/mol. The molecule has 0 N–H and O–H groups in total. The maximum absolute atomic E-state index is 12.9. The van der Waals surface area contributed by atoms with Gasteiger partial charge in [0, 0.05) is 6.42 Å². The van der Waals surface area contributed by atoms with Crippen molar-refractivity contribution >= 4 is 22.9 Å². The molecule has 0 bridgehead atoms. The van der Waals surface area contributed by atoms with Crippen LogP contribution in [0.15, 0.2) is 129 Å². The van der Waals surface area contributed by atoms with Crippen LogP contribution in [0.2, 0.25) is 0 Å². The highest BCUT2D eigenvalue weighted by atomic mass is 16.5. The number of para-hydroxylation sites is 1. The quantitative estimate of drug-likeness (QED) is 0.0879. The molecule has 0 fully saturated rings. The van der Waals surface area contributed by atoms with Gasteiger partial charge in [-0.3, -0.25) is 0 Å². The van der Waals surface area contributed by atoms with Gasteiger partial charge >= 0.3 is 17.6 Å². The summed E-state index contributed by atoms with van der Waals surface area (Å²) in [6, 6.07) is 24.8. The first-order valence-electron chi connectivity index (χ1n) is 14.8. The van der Waals surface area contributed by atoms with Crippen LogP contribution in [0.4, 0.5) is 0 Å². The number of carbonyl (C=O) groups excluding carboxylic acids is 2. The summed E-state index contributed by atoms with van der Waals surface area (Å²) in [6.45, 7) is 6.40. The molecule has 0 aliphatic heterocycles. The Kier molecular flexibility index (Phi) is 11.6. The molecule has 6 heteroatoms. The Balaban J connectivity index is 1.31. The molecule has 1 heterocycles. The first-order valence-corrected chi connectivity index (χ1v) is 14.8. The third-order valence-electron chi connectivity index (χ3n) is 7.22. The molecular weight excluding hydrogens is 552 g/mol. The molecule has 0 atom stereocenters. The molecule has 3 aromatic carbocycles. The van der Waals surface area contributed by atoms with E-state index in [0.29, 0.717) is 27.7 Å². The van der Waals surface area contributed by atoms with Gasteiger partial charge in [0.05, 0.1) is 22.1 Å². The lowest BCUT2D eigenvalue weighted by Crippen LogP contribution is -2.15. The van der Waals surface area contributed by atoms with Crippen molar-refractivity contribution in [3.8, 4) is 5.75 Å². The summed E-state index contributed by atoms with van der Waals surface area (Å²) < 4.78 is 16.7. The minimum Gasteiger partial charge on any atom is -0.458 e. The van der Waals surface area contributed by atoms with Gasteiger partial charge in [0.15, 0.2) is 5.75 Å². The van der Waals surface area contributed by atoms with Gasteiger partial charge in [-0.15, -0.1) is 0 Å². The standard InChI is InChI=1S/C38H38O6/c1-27(15-13-17-29(3)26-42-36(39)30-18-6-4-7-19-30)14-12-16-28(2)24-25-33-35(44-37(40)31-20-8-5-9-21-31)32-22-10-11-23-34(32)43-38(33)41/h4-11,14,17-24H,12-13,15-16,25-26H2,1-3H3/b27-14+,28-24+,29-17+. The van der Waals surface area contributed by atoms with E-state index < -0.39 is 11.6 Å². The zero-order valence-corrected chi connectivity index (χ0v) is 25.5. The van der Waals surface area contributed by atoms with E-state index in [4.69, 9.17) is 13.9 Å².